The Morgan fingerprint density at radius 3 is 2.58 bits per heavy atom. The highest BCUT2D eigenvalue weighted by Gasteiger charge is 2.37. The fourth-order valence-corrected chi connectivity index (χ4v) is 7.75. The van der Waals surface area contributed by atoms with Crippen LogP contribution < -0.4 is 16.3 Å². The van der Waals surface area contributed by atoms with Gasteiger partial charge in [0.1, 0.15) is 11.7 Å². The largest absolute Gasteiger partial charge is 0.329 e. The van der Waals surface area contributed by atoms with E-state index in [-0.39, 0.29) is 41.9 Å². The number of carbonyl (C=O) groups is 3. The number of fused-ring (bicyclic) bond motifs is 1. The lowest BCUT2D eigenvalue weighted by Gasteiger charge is -2.47. The number of aromatic nitrogens is 7. The number of carbonyl (C=O) groups excluding carboxylic acids is 3. The predicted octanol–water partition coefficient (Wildman–Crippen LogP) is 3.25. The van der Waals surface area contributed by atoms with Gasteiger partial charge in [0, 0.05) is 58.0 Å². The fraction of sp³-hybridized carbons (Fsp3) is 0.395. The van der Waals surface area contributed by atoms with E-state index in [4.69, 9.17) is 0 Å². The molecule has 0 saturated carbocycles. The van der Waals surface area contributed by atoms with E-state index in [1.54, 1.807) is 37.5 Å². The molecule has 3 amide bonds. The number of hydrogen-bond acceptors (Lipinski definition) is 9. The molecule has 1 atom stereocenters. The van der Waals surface area contributed by atoms with E-state index in [1.165, 1.54) is 26.1 Å². The lowest BCUT2D eigenvalue weighted by molar-refractivity contribution is -0.135. The highest BCUT2D eigenvalue weighted by molar-refractivity contribution is 6.03. The summed E-state index contributed by atoms with van der Waals surface area (Å²) in [6.07, 6.45) is 3.24. The molecule has 15 nitrogen and oxygen atoms in total. The number of nitrogens with one attached hydrogen (secondary N) is 3. The van der Waals surface area contributed by atoms with Crippen molar-refractivity contribution < 1.29 is 23.2 Å². The molecule has 4 aromatic heterocycles. The maximum absolute atomic E-state index is 14.0. The molecule has 17 heteroatoms. The molecule has 3 fully saturated rings. The highest BCUT2D eigenvalue weighted by Crippen LogP contribution is 2.32. The van der Waals surface area contributed by atoms with E-state index in [1.807, 2.05) is 12.1 Å². The molecule has 0 bridgehead atoms. The van der Waals surface area contributed by atoms with Gasteiger partial charge in [-0.2, -0.15) is 10.2 Å². The first-order chi connectivity index (χ1) is 26.6. The van der Waals surface area contributed by atoms with Gasteiger partial charge in [0.05, 0.1) is 39.7 Å². The van der Waals surface area contributed by atoms with Crippen LogP contribution in [-0.2, 0) is 16.6 Å². The van der Waals surface area contributed by atoms with Gasteiger partial charge < -0.3 is 10.2 Å². The van der Waals surface area contributed by atoms with Gasteiger partial charge in [-0.15, -0.1) is 0 Å². The first-order valence-corrected chi connectivity index (χ1v) is 18.3. The minimum atomic E-state index is -2.86. The number of anilines is 1. The fourth-order valence-electron chi connectivity index (χ4n) is 7.75. The summed E-state index contributed by atoms with van der Waals surface area (Å²) < 4.78 is 32.5. The van der Waals surface area contributed by atoms with E-state index in [0.29, 0.717) is 53.5 Å². The van der Waals surface area contributed by atoms with E-state index < -0.39 is 30.0 Å². The van der Waals surface area contributed by atoms with Crippen molar-refractivity contribution in [1.29, 1.82) is 0 Å². The van der Waals surface area contributed by atoms with Crippen molar-refractivity contribution in [1.82, 2.24) is 49.2 Å². The van der Waals surface area contributed by atoms with Crippen molar-refractivity contribution in [3.8, 4) is 23.2 Å². The third-order valence-electron chi connectivity index (χ3n) is 10.7. The zero-order valence-corrected chi connectivity index (χ0v) is 30.0. The van der Waals surface area contributed by atoms with Crippen molar-refractivity contribution in [2.24, 2.45) is 7.05 Å². The van der Waals surface area contributed by atoms with Gasteiger partial charge in [0.15, 0.2) is 5.69 Å². The van der Waals surface area contributed by atoms with Crippen LogP contribution in [0.2, 0.25) is 0 Å². The lowest BCUT2D eigenvalue weighted by Crippen LogP contribution is -2.55. The van der Waals surface area contributed by atoms with Gasteiger partial charge in [-0.1, -0.05) is 24.0 Å². The number of para-hydroxylation sites is 1. The predicted molar refractivity (Wildman–Crippen MR) is 197 cm³/mol. The standard InChI is InChI=1S/C38H39F2N11O4/c1-47-34-23(7-4-10-30(34)51(38(47)55)31-11-12-32(52)44-37(31)54)6-2-3-17-48-18-14-24(15-19-48)49-20-25(21-49)50-22-29(33(46-50)35(39)40)43-36(53)28-9-5-8-26(42-28)27-13-16-41-45-27/h4-5,7-10,13,16,22,24-25,31,35H,3,11-12,14-15,17-21H2,1H3,(H,41,45)(H,43,53)(H,44,52,54). The molecule has 0 spiro atoms. The van der Waals surface area contributed by atoms with Crippen LogP contribution in [-0.4, -0.2) is 100 Å². The minimum absolute atomic E-state index is 0.0324. The minimum Gasteiger partial charge on any atom is -0.318 e. The normalized spacial score (nSPS) is 18.7. The summed E-state index contributed by atoms with van der Waals surface area (Å²) in [5, 5.41) is 15.8. The molecule has 3 N–H and O–H groups in total. The summed E-state index contributed by atoms with van der Waals surface area (Å²) in [5.74, 6) is 5.09. The average Bonchev–Trinajstić information content (AvgIpc) is 3.90. The molecular formula is C38H39F2N11O4. The number of benzene rings is 1. The second-order valence-electron chi connectivity index (χ2n) is 14.1. The first kappa shape index (κ1) is 36.0. The molecule has 3 aliphatic rings. The number of pyridine rings is 1. The van der Waals surface area contributed by atoms with Crippen molar-refractivity contribution in [2.75, 3.05) is 38.0 Å². The number of imidazole rings is 1. The van der Waals surface area contributed by atoms with Crippen molar-refractivity contribution in [3.63, 3.8) is 0 Å². The number of aromatic amines is 1. The molecule has 5 aromatic rings. The Bertz CT molecular complexity index is 2380. The average molecular weight is 752 g/mol. The number of rotatable bonds is 9. The van der Waals surface area contributed by atoms with Crippen LogP contribution in [0.1, 0.15) is 72.4 Å². The number of likely N-dealkylation sites (tertiary alicyclic amines) is 2. The van der Waals surface area contributed by atoms with Crippen molar-refractivity contribution in [3.05, 3.63) is 82.3 Å². The summed E-state index contributed by atoms with van der Waals surface area (Å²) in [4.78, 5) is 59.5. The topological polar surface area (TPSA) is 168 Å². The Hall–Kier alpha value is -5.99. The second-order valence-corrected chi connectivity index (χ2v) is 14.1. The summed E-state index contributed by atoms with van der Waals surface area (Å²) in [7, 11) is 1.67. The number of halogens is 2. The summed E-state index contributed by atoms with van der Waals surface area (Å²) in [5.41, 5.74) is 2.36. The van der Waals surface area contributed by atoms with Crippen LogP contribution in [0.3, 0.4) is 0 Å². The van der Waals surface area contributed by atoms with Crippen LogP contribution in [0.5, 0.6) is 0 Å². The Kier molecular flexibility index (Phi) is 9.84. The number of piperidine rings is 2. The Morgan fingerprint density at radius 2 is 1.84 bits per heavy atom. The number of imide groups is 1. The Morgan fingerprint density at radius 1 is 1.04 bits per heavy atom. The first-order valence-electron chi connectivity index (χ1n) is 18.3. The highest BCUT2D eigenvalue weighted by atomic mass is 19.3. The third kappa shape index (κ3) is 7.18. The zero-order chi connectivity index (χ0) is 38.2. The quantitative estimate of drug-likeness (QED) is 0.151. The van der Waals surface area contributed by atoms with Gasteiger partial charge in [-0.25, -0.2) is 18.6 Å². The smallest absolute Gasteiger partial charge is 0.318 e. The van der Waals surface area contributed by atoms with E-state index in [0.717, 1.165) is 32.5 Å². The molecule has 7 heterocycles. The van der Waals surface area contributed by atoms with E-state index in [9.17, 15) is 28.0 Å². The van der Waals surface area contributed by atoms with Crippen LogP contribution in [0.4, 0.5) is 14.5 Å². The zero-order valence-electron chi connectivity index (χ0n) is 30.0. The van der Waals surface area contributed by atoms with Gasteiger partial charge >= 0.3 is 5.69 Å². The molecular weight excluding hydrogens is 712 g/mol. The summed E-state index contributed by atoms with van der Waals surface area (Å²) in [6.45, 7) is 3.99. The number of H-pyrrole nitrogens is 1. The number of nitrogens with zero attached hydrogens (tertiary/aromatic N) is 8. The maximum Gasteiger partial charge on any atom is 0.329 e. The van der Waals surface area contributed by atoms with Crippen molar-refractivity contribution >= 4 is 34.4 Å². The third-order valence-corrected chi connectivity index (χ3v) is 10.7. The molecule has 3 aliphatic heterocycles. The number of aryl methyl sites for hydroxylation is 1. The van der Waals surface area contributed by atoms with Crippen LogP contribution in [0.25, 0.3) is 22.4 Å². The lowest BCUT2D eigenvalue weighted by atomic mass is 9.97. The SMILES string of the molecule is Cn1c(=O)n(C2CCC(=O)NC2=O)c2cccc(C#CCCN3CCC(N4CC(n5cc(NC(=O)c6cccc(-c7ccn[nH]7)n6)c(C(F)F)n5)C4)CC3)c21. The number of alkyl halides is 2. The van der Waals surface area contributed by atoms with Crippen LogP contribution in [0.15, 0.2) is 59.7 Å². The van der Waals surface area contributed by atoms with E-state index >= 15 is 0 Å². The molecule has 1 aromatic carbocycles. The summed E-state index contributed by atoms with van der Waals surface area (Å²) in [6, 6.07) is 11.7. The molecule has 8 rings (SSSR count). The van der Waals surface area contributed by atoms with Gasteiger partial charge in [-0.3, -0.25) is 43.5 Å². The summed E-state index contributed by atoms with van der Waals surface area (Å²) >= 11 is 0. The van der Waals surface area contributed by atoms with Crippen LogP contribution >= 0.6 is 0 Å². The number of amides is 3. The monoisotopic (exact) mass is 751 g/mol. The number of hydrogen-bond donors (Lipinski definition) is 3. The second kappa shape index (κ2) is 15.0. The van der Waals surface area contributed by atoms with Crippen LogP contribution in [0, 0.1) is 11.8 Å². The maximum atomic E-state index is 14.0. The van der Waals surface area contributed by atoms with Gasteiger partial charge in [0.2, 0.25) is 11.8 Å². The van der Waals surface area contributed by atoms with E-state index in [2.05, 4.69) is 52.6 Å². The Labute approximate surface area is 313 Å². The molecule has 284 valence electrons. The molecule has 0 radical (unpaired) electrons. The Balaban J connectivity index is 0.831. The molecule has 55 heavy (non-hydrogen) atoms. The van der Waals surface area contributed by atoms with Crippen molar-refractivity contribution in [2.45, 2.75) is 56.7 Å². The van der Waals surface area contributed by atoms with Gasteiger partial charge in [0.25, 0.3) is 12.3 Å². The molecule has 0 aliphatic carbocycles. The molecule has 3 saturated heterocycles. The van der Waals surface area contributed by atoms with Gasteiger partial charge in [-0.05, 0) is 62.7 Å². The molecule has 1 unspecified atom stereocenters.